The van der Waals surface area contributed by atoms with Crippen LogP contribution < -0.4 is 0 Å². The van der Waals surface area contributed by atoms with Crippen LogP contribution in [-0.4, -0.2) is 72.8 Å². The third kappa shape index (κ3) is 10.3. The van der Waals surface area contributed by atoms with Crippen LogP contribution >= 0.6 is 0 Å². The standard InChI is InChI=1S/C10H20O4Si.C4H12O4Si/c1-9(2)10(11)14-7-6-8-15(5,12-3)13-4;1-5-9(6-2,7-3)8-4/h1,6-8H2,2-5H3;1-4H3. The highest BCUT2D eigenvalue weighted by Crippen LogP contribution is 2.13. The topological polar surface area (TPSA) is 81.7 Å². The Hall–Kier alpha value is -0.596. The molecule has 144 valence electrons. The second kappa shape index (κ2) is 13.7. The first-order valence-electron chi connectivity index (χ1n) is 7.33. The highest BCUT2D eigenvalue weighted by atomic mass is 28.4. The Morgan fingerprint density at radius 3 is 1.54 bits per heavy atom. The van der Waals surface area contributed by atoms with Crippen molar-refractivity contribution in [1.29, 1.82) is 0 Å². The summed E-state index contributed by atoms with van der Waals surface area (Å²) in [5.41, 5.74) is 0.425. The van der Waals surface area contributed by atoms with Crippen LogP contribution in [-0.2, 0) is 36.1 Å². The Bertz CT molecular complexity index is 339. The van der Waals surface area contributed by atoms with Crippen molar-refractivity contribution in [3.63, 3.8) is 0 Å². The lowest BCUT2D eigenvalue weighted by Gasteiger charge is -2.22. The summed E-state index contributed by atoms with van der Waals surface area (Å²) in [4.78, 5) is 11.0. The molecule has 0 bridgehead atoms. The maximum absolute atomic E-state index is 11.0. The van der Waals surface area contributed by atoms with Crippen LogP contribution in [0.5, 0.6) is 0 Å². The van der Waals surface area contributed by atoms with E-state index in [2.05, 4.69) is 6.58 Å². The van der Waals surface area contributed by atoms with E-state index in [-0.39, 0.29) is 5.97 Å². The molecule has 0 aromatic carbocycles. The minimum atomic E-state index is -2.69. The van der Waals surface area contributed by atoms with E-state index in [0.29, 0.717) is 12.2 Å². The number of ether oxygens (including phenoxy) is 1. The maximum atomic E-state index is 11.0. The first-order chi connectivity index (χ1) is 11.2. The van der Waals surface area contributed by atoms with Crippen LogP contribution in [0.4, 0.5) is 0 Å². The molecule has 0 aromatic heterocycles. The monoisotopic (exact) mass is 384 g/mol. The Balaban J connectivity index is 0. The minimum Gasteiger partial charge on any atom is -0.462 e. The quantitative estimate of drug-likeness (QED) is 0.231. The van der Waals surface area contributed by atoms with Gasteiger partial charge in [-0.25, -0.2) is 4.79 Å². The Kier molecular flexibility index (Phi) is 14.6. The zero-order valence-corrected chi connectivity index (χ0v) is 18.1. The largest absolute Gasteiger partial charge is 0.678 e. The van der Waals surface area contributed by atoms with Crippen LogP contribution in [0.2, 0.25) is 12.6 Å². The van der Waals surface area contributed by atoms with Crippen molar-refractivity contribution in [3.05, 3.63) is 12.2 Å². The first-order valence-corrected chi connectivity index (χ1v) is 11.5. The van der Waals surface area contributed by atoms with Crippen molar-refractivity contribution >= 4 is 23.6 Å². The highest BCUT2D eigenvalue weighted by molar-refractivity contribution is 6.65. The van der Waals surface area contributed by atoms with Crippen molar-refractivity contribution in [2.24, 2.45) is 0 Å². The molecular weight excluding hydrogens is 352 g/mol. The van der Waals surface area contributed by atoms with Gasteiger partial charge in [0.05, 0.1) is 6.61 Å². The minimum absolute atomic E-state index is 0.340. The van der Waals surface area contributed by atoms with Gasteiger partial charge in [-0.3, -0.25) is 0 Å². The fourth-order valence-electron chi connectivity index (χ4n) is 1.47. The summed E-state index contributed by atoms with van der Waals surface area (Å²) < 4.78 is 35.0. The summed E-state index contributed by atoms with van der Waals surface area (Å²) in [7, 11) is 4.55. The molecule has 0 spiro atoms. The lowest BCUT2D eigenvalue weighted by Crippen LogP contribution is -2.45. The molecule has 0 atom stereocenters. The fourth-order valence-corrected chi connectivity index (χ4v) is 3.83. The zero-order valence-electron chi connectivity index (χ0n) is 16.1. The van der Waals surface area contributed by atoms with Gasteiger partial charge in [-0.1, -0.05) is 6.58 Å². The molecule has 0 radical (unpaired) electrons. The lowest BCUT2D eigenvalue weighted by atomic mass is 10.4. The maximum Gasteiger partial charge on any atom is 0.678 e. The molecule has 0 rings (SSSR count). The molecule has 0 saturated carbocycles. The predicted octanol–water partition coefficient (Wildman–Crippen LogP) is 1.87. The van der Waals surface area contributed by atoms with Gasteiger partial charge in [0.15, 0.2) is 0 Å². The molecule has 0 aliphatic rings. The van der Waals surface area contributed by atoms with Gasteiger partial charge in [-0.15, -0.1) is 0 Å². The van der Waals surface area contributed by atoms with E-state index in [1.54, 1.807) is 21.1 Å². The van der Waals surface area contributed by atoms with Crippen molar-refractivity contribution in [2.75, 3.05) is 49.3 Å². The van der Waals surface area contributed by atoms with Crippen molar-refractivity contribution < 1.29 is 36.1 Å². The predicted molar refractivity (Wildman–Crippen MR) is 94.6 cm³/mol. The molecule has 0 amide bonds. The smallest absolute Gasteiger partial charge is 0.462 e. The molecular formula is C14H32O8Si2. The normalized spacial score (nSPS) is 11.5. The molecule has 0 aliphatic carbocycles. The average molecular weight is 385 g/mol. The summed E-state index contributed by atoms with van der Waals surface area (Å²) in [6, 6.07) is 0.809. The van der Waals surface area contributed by atoms with Crippen molar-refractivity contribution in [1.82, 2.24) is 0 Å². The lowest BCUT2D eigenvalue weighted by molar-refractivity contribution is -0.138. The Labute approximate surface area is 147 Å². The van der Waals surface area contributed by atoms with E-state index in [1.807, 2.05) is 6.55 Å². The van der Waals surface area contributed by atoms with Crippen LogP contribution in [0.1, 0.15) is 13.3 Å². The highest BCUT2D eigenvalue weighted by Gasteiger charge is 2.40. The molecule has 0 aromatic rings. The molecule has 24 heavy (non-hydrogen) atoms. The van der Waals surface area contributed by atoms with Crippen molar-refractivity contribution in [3.8, 4) is 0 Å². The number of esters is 1. The van der Waals surface area contributed by atoms with Gasteiger partial charge in [-0.2, -0.15) is 0 Å². The Morgan fingerprint density at radius 1 is 0.875 bits per heavy atom. The van der Waals surface area contributed by atoms with Gasteiger partial charge in [-0.05, 0) is 25.9 Å². The molecule has 0 aliphatic heterocycles. The van der Waals surface area contributed by atoms with Gasteiger partial charge >= 0.3 is 23.6 Å². The van der Waals surface area contributed by atoms with Gasteiger partial charge in [0.2, 0.25) is 0 Å². The number of carbonyl (C=O) groups excluding carboxylic acids is 1. The second-order valence-corrected chi connectivity index (χ2v) is 11.1. The molecule has 10 heteroatoms. The number of carbonyl (C=O) groups is 1. The first kappa shape index (κ1) is 25.6. The fraction of sp³-hybridized carbons (Fsp3) is 0.786. The Morgan fingerprint density at radius 2 is 1.29 bits per heavy atom. The van der Waals surface area contributed by atoms with Crippen LogP contribution in [0.15, 0.2) is 12.2 Å². The molecule has 0 unspecified atom stereocenters. The molecule has 8 nitrogen and oxygen atoms in total. The third-order valence-corrected chi connectivity index (χ3v) is 8.21. The van der Waals surface area contributed by atoms with E-state index < -0.39 is 17.6 Å². The van der Waals surface area contributed by atoms with E-state index in [9.17, 15) is 4.79 Å². The van der Waals surface area contributed by atoms with E-state index in [0.717, 1.165) is 12.5 Å². The van der Waals surface area contributed by atoms with Gasteiger partial charge < -0.3 is 31.3 Å². The summed E-state index contributed by atoms with van der Waals surface area (Å²) in [5.74, 6) is -0.340. The summed E-state index contributed by atoms with van der Waals surface area (Å²) in [6.45, 7) is 7.50. The van der Waals surface area contributed by atoms with Crippen LogP contribution in [0, 0.1) is 0 Å². The number of rotatable bonds is 11. The van der Waals surface area contributed by atoms with Gasteiger partial charge in [0, 0.05) is 48.2 Å². The van der Waals surface area contributed by atoms with E-state index in [1.165, 1.54) is 28.4 Å². The summed E-state index contributed by atoms with van der Waals surface area (Å²) in [6.07, 6.45) is 0.753. The van der Waals surface area contributed by atoms with Crippen LogP contribution in [0.25, 0.3) is 0 Å². The summed E-state index contributed by atoms with van der Waals surface area (Å²) in [5, 5.41) is 0. The SMILES string of the molecule is C=C(C)C(=O)OCCC[Si](C)(OC)OC.CO[Si](OC)(OC)OC. The molecule has 0 N–H and O–H groups in total. The van der Waals surface area contributed by atoms with Crippen LogP contribution in [0.3, 0.4) is 0 Å². The zero-order chi connectivity index (χ0) is 19.2. The molecule has 0 heterocycles. The van der Waals surface area contributed by atoms with E-state index >= 15 is 0 Å². The molecule has 0 saturated heterocycles. The van der Waals surface area contributed by atoms with E-state index in [4.69, 9.17) is 31.3 Å². The van der Waals surface area contributed by atoms with Gasteiger partial charge in [0.25, 0.3) is 0 Å². The number of hydrogen-bond acceptors (Lipinski definition) is 8. The third-order valence-electron chi connectivity index (χ3n) is 3.22. The average Bonchev–Trinajstić information content (AvgIpc) is 2.61. The summed E-state index contributed by atoms with van der Waals surface area (Å²) >= 11 is 0. The second-order valence-electron chi connectivity index (χ2n) is 4.88. The number of hydrogen-bond donors (Lipinski definition) is 0. The van der Waals surface area contributed by atoms with Crippen molar-refractivity contribution in [2.45, 2.75) is 25.9 Å². The van der Waals surface area contributed by atoms with Gasteiger partial charge in [0.1, 0.15) is 0 Å². The molecule has 0 fully saturated rings.